The quantitative estimate of drug-likeness (QED) is 0.667. The van der Waals surface area contributed by atoms with E-state index in [1.54, 1.807) is 6.20 Å². The van der Waals surface area contributed by atoms with Crippen LogP contribution in [0.2, 0.25) is 0 Å². The number of para-hydroxylation sites is 1. The van der Waals surface area contributed by atoms with Crippen molar-refractivity contribution in [1.29, 1.82) is 0 Å². The normalized spacial score (nSPS) is 16.8. The number of carbonyl (C=O) groups excluding carboxylic acids is 2. The molecular formula is C21H18F3N3O3. The van der Waals surface area contributed by atoms with Crippen LogP contribution in [0.1, 0.15) is 12.0 Å². The van der Waals surface area contributed by atoms with Gasteiger partial charge in [-0.3, -0.25) is 9.59 Å². The van der Waals surface area contributed by atoms with Crippen LogP contribution in [-0.2, 0) is 16.0 Å². The minimum Gasteiger partial charge on any atom is -0.406 e. The van der Waals surface area contributed by atoms with Gasteiger partial charge >= 0.3 is 6.36 Å². The molecule has 156 valence electrons. The number of nitrogens with zero attached hydrogens (tertiary/aromatic N) is 1. The number of alkyl halides is 3. The fraction of sp³-hybridized carbons (Fsp3) is 0.238. The Morgan fingerprint density at radius 3 is 2.80 bits per heavy atom. The number of aromatic amines is 1. The highest BCUT2D eigenvalue weighted by atomic mass is 19.4. The Kier molecular flexibility index (Phi) is 5.11. The molecule has 1 aliphatic rings. The van der Waals surface area contributed by atoms with Gasteiger partial charge in [-0.2, -0.15) is 0 Å². The van der Waals surface area contributed by atoms with E-state index in [-0.39, 0.29) is 30.5 Å². The van der Waals surface area contributed by atoms with Crippen LogP contribution in [-0.4, -0.2) is 35.7 Å². The molecule has 1 aliphatic heterocycles. The number of H-pyrrole nitrogens is 1. The third-order valence-electron chi connectivity index (χ3n) is 4.93. The molecule has 2 heterocycles. The van der Waals surface area contributed by atoms with Crippen molar-refractivity contribution in [2.45, 2.75) is 25.2 Å². The molecule has 2 amide bonds. The van der Waals surface area contributed by atoms with Gasteiger partial charge in [0.15, 0.2) is 0 Å². The van der Waals surface area contributed by atoms with Crippen LogP contribution in [0.15, 0.2) is 54.7 Å². The SMILES string of the molecule is O=C(Cc1c[nH]c2ccccc12)NC1CCN(c2cccc(OC(F)(F)F)c2)C1=O. The van der Waals surface area contributed by atoms with Crippen molar-refractivity contribution in [3.8, 4) is 5.75 Å². The van der Waals surface area contributed by atoms with E-state index in [9.17, 15) is 22.8 Å². The van der Waals surface area contributed by atoms with Gasteiger partial charge < -0.3 is 19.9 Å². The Balaban J connectivity index is 1.41. The molecule has 1 fully saturated rings. The first-order chi connectivity index (χ1) is 14.3. The zero-order valence-electron chi connectivity index (χ0n) is 15.7. The maximum atomic E-state index is 12.7. The number of hydrogen-bond acceptors (Lipinski definition) is 3. The van der Waals surface area contributed by atoms with Gasteiger partial charge in [0.1, 0.15) is 11.8 Å². The van der Waals surface area contributed by atoms with Gasteiger partial charge in [-0.05, 0) is 30.2 Å². The maximum absolute atomic E-state index is 12.7. The first-order valence-corrected chi connectivity index (χ1v) is 9.32. The van der Waals surface area contributed by atoms with Crippen LogP contribution in [0.25, 0.3) is 10.9 Å². The van der Waals surface area contributed by atoms with Crippen molar-refractivity contribution < 1.29 is 27.5 Å². The fourth-order valence-corrected chi connectivity index (χ4v) is 3.61. The third kappa shape index (κ3) is 4.24. The number of ether oxygens (including phenoxy) is 1. The lowest BCUT2D eigenvalue weighted by Crippen LogP contribution is -2.42. The van der Waals surface area contributed by atoms with Crippen LogP contribution in [0, 0.1) is 0 Å². The summed E-state index contributed by atoms with van der Waals surface area (Å²) in [5, 5.41) is 3.67. The van der Waals surface area contributed by atoms with Gasteiger partial charge in [0, 0.05) is 35.4 Å². The summed E-state index contributed by atoms with van der Waals surface area (Å²) in [7, 11) is 0. The number of rotatable bonds is 5. The first kappa shape index (κ1) is 19.8. The molecular weight excluding hydrogens is 399 g/mol. The summed E-state index contributed by atoms with van der Waals surface area (Å²) in [5.41, 5.74) is 2.03. The van der Waals surface area contributed by atoms with Crippen LogP contribution in [0.5, 0.6) is 5.75 Å². The second kappa shape index (κ2) is 7.74. The minimum atomic E-state index is -4.81. The number of halogens is 3. The number of carbonyl (C=O) groups is 2. The standard InChI is InChI=1S/C21H18F3N3O3/c22-21(23,24)30-15-5-3-4-14(11-15)27-9-8-18(20(27)29)26-19(28)10-13-12-25-17-7-2-1-6-16(13)17/h1-7,11-12,18,25H,8-10H2,(H,26,28). The molecule has 1 saturated heterocycles. The largest absolute Gasteiger partial charge is 0.573 e. The number of benzene rings is 2. The summed E-state index contributed by atoms with van der Waals surface area (Å²) in [4.78, 5) is 29.6. The molecule has 0 saturated carbocycles. The van der Waals surface area contributed by atoms with Crippen LogP contribution in [0.3, 0.4) is 0 Å². The van der Waals surface area contributed by atoms with Crippen molar-refractivity contribution in [2.24, 2.45) is 0 Å². The van der Waals surface area contributed by atoms with E-state index in [0.717, 1.165) is 28.6 Å². The average Bonchev–Trinajstić information content (AvgIpc) is 3.25. The molecule has 4 rings (SSSR count). The van der Waals surface area contributed by atoms with Crippen molar-refractivity contribution in [3.63, 3.8) is 0 Å². The average molecular weight is 417 g/mol. The van der Waals surface area contributed by atoms with Gasteiger partial charge in [-0.1, -0.05) is 24.3 Å². The third-order valence-corrected chi connectivity index (χ3v) is 4.93. The highest BCUT2D eigenvalue weighted by Crippen LogP contribution is 2.29. The highest BCUT2D eigenvalue weighted by Gasteiger charge is 2.35. The van der Waals surface area contributed by atoms with E-state index in [1.165, 1.54) is 17.0 Å². The molecule has 9 heteroatoms. The number of nitrogens with one attached hydrogen (secondary N) is 2. The van der Waals surface area contributed by atoms with E-state index >= 15 is 0 Å². The topological polar surface area (TPSA) is 74.4 Å². The van der Waals surface area contributed by atoms with Crippen molar-refractivity contribution in [1.82, 2.24) is 10.3 Å². The van der Waals surface area contributed by atoms with Crippen molar-refractivity contribution in [3.05, 3.63) is 60.3 Å². The van der Waals surface area contributed by atoms with Crippen molar-refractivity contribution in [2.75, 3.05) is 11.4 Å². The Bertz CT molecular complexity index is 1090. The van der Waals surface area contributed by atoms with Gasteiger partial charge in [0.05, 0.1) is 6.42 Å². The van der Waals surface area contributed by atoms with Crippen molar-refractivity contribution >= 4 is 28.4 Å². The Hall–Kier alpha value is -3.49. The molecule has 2 N–H and O–H groups in total. The summed E-state index contributed by atoms with van der Waals surface area (Å²) >= 11 is 0. The fourth-order valence-electron chi connectivity index (χ4n) is 3.61. The summed E-state index contributed by atoms with van der Waals surface area (Å²) in [5.74, 6) is -1.07. The molecule has 0 radical (unpaired) electrons. The van der Waals surface area contributed by atoms with E-state index in [4.69, 9.17) is 0 Å². The molecule has 0 aliphatic carbocycles. The molecule has 0 bridgehead atoms. The Morgan fingerprint density at radius 1 is 1.20 bits per heavy atom. The number of fused-ring (bicyclic) bond motifs is 1. The minimum absolute atomic E-state index is 0.114. The lowest BCUT2D eigenvalue weighted by Gasteiger charge is -2.18. The van der Waals surface area contributed by atoms with E-state index in [2.05, 4.69) is 15.0 Å². The van der Waals surface area contributed by atoms with Gasteiger partial charge in [-0.25, -0.2) is 0 Å². The number of aromatic nitrogens is 1. The molecule has 0 spiro atoms. The summed E-state index contributed by atoms with van der Waals surface area (Å²) < 4.78 is 41.2. The summed E-state index contributed by atoms with van der Waals surface area (Å²) in [6.45, 7) is 0.284. The van der Waals surface area contributed by atoms with E-state index in [0.29, 0.717) is 6.42 Å². The lowest BCUT2D eigenvalue weighted by atomic mass is 10.1. The molecule has 3 aromatic rings. The molecule has 1 atom stereocenters. The van der Waals surface area contributed by atoms with E-state index in [1.807, 2.05) is 24.3 Å². The molecule has 1 aromatic heterocycles. The Labute approximate surface area is 169 Å². The Morgan fingerprint density at radius 2 is 2.00 bits per heavy atom. The zero-order chi connectivity index (χ0) is 21.3. The molecule has 30 heavy (non-hydrogen) atoms. The maximum Gasteiger partial charge on any atom is 0.573 e. The van der Waals surface area contributed by atoms with Gasteiger partial charge in [0.25, 0.3) is 0 Å². The van der Waals surface area contributed by atoms with Crippen LogP contribution in [0.4, 0.5) is 18.9 Å². The van der Waals surface area contributed by atoms with Gasteiger partial charge in [-0.15, -0.1) is 13.2 Å². The first-order valence-electron chi connectivity index (χ1n) is 9.32. The number of amides is 2. The highest BCUT2D eigenvalue weighted by molar-refractivity contribution is 6.01. The summed E-state index contributed by atoms with van der Waals surface area (Å²) in [6, 6.07) is 12.1. The second-order valence-corrected chi connectivity index (χ2v) is 6.98. The smallest absolute Gasteiger partial charge is 0.406 e. The number of anilines is 1. The lowest BCUT2D eigenvalue weighted by molar-refractivity contribution is -0.274. The van der Waals surface area contributed by atoms with E-state index < -0.39 is 18.2 Å². The molecule has 1 unspecified atom stereocenters. The molecule has 6 nitrogen and oxygen atoms in total. The van der Waals surface area contributed by atoms with Crippen LogP contribution >= 0.6 is 0 Å². The van der Waals surface area contributed by atoms with Gasteiger partial charge in [0.2, 0.25) is 11.8 Å². The molecule has 2 aromatic carbocycles. The second-order valence-electron chi connectivity index (χ2n) is 6.98. The monoisotopic (exact) mass is 417 g/mol. The summed E-state index contributed by atoms with van der Waals surface area (Å²) in [6.07, 6.45) is -2.57. The number of hydrogen-bond donors (Lipinski definition) is 2. The zero-order valence-corrected chi connectivity index (χ0v) is 15.7. The predicted molar refractivity (Wildman–Crippen MR) is 104 cm³/mol. The predicted octanol–water partition coefficient (Wildman–Crippen LogP) is 3.53. The van der Waals surface area contributed by atoms with Crippen LogP contribution < -0.4 is 15.0 Å².